The van der Waals surface area contributed by atoms with Gasteiger partial charge in [0.15, 0.2) is 8.32 Å². The van der Waals surface area contributed by atoms with Crippen molar-refractivity contribution in [2.75, 3.05) is 6.61 Å². The van der Waals surface area contributed by atoms with Crippen LogP contribution >= 0.6 is 0 Å². The van der Waals surface area contributed by atoms with E-state index in [1.165, 1.54) is 22.9 Å². The highest BCUT2D eigenvalue weighted by atomic mass is 32.2. The SMILES string of the molecule is Cc1ccc(S(=O)(=O)OC[C@H]2O[C@@H](n3cc(C)c(=O)[nH]c3=O)C[C@@H]2O[Si](C)(C)C(C)(C)C)cc1. The molecular formula is C23H34N2O7SSi. The second-order valence-electron chi connectivity index (χ2n) is 10.3. The van der Waals surface area contributed by atoms with E-state index in [4.69, 9.17) is 13.3 Å². The predicted octanol–water partition coefficient (Wildman–Crippen LogP) is 3.24. The molecule has 188 valence electrons. The highest BCUT2D eigenvalue weighted by molar-refractivity contribution is 7.86. The second kappa shape index (κ2) is 9.54. The molecule has 3 atom stereocenters. The van der Waals surface area contributed by atoms with Crippen LogP contribution in [0.4, 0.5) is 0 Å². The van der Waals surface area contributed by atoms with Crippen molar-refractivity contribution in [1.82, 2.24) is 9.55 Å². The summed E-state index contributed by atoms with van der Waals surface area (Å²) in [6.45, 7) is 13.7. The highest BCUT2D eigenvalue weighted by Crippen LogP contribution is 2.41. The molecule has 2 aromatic rings. The molecule has 1 N–H and O–H groups in total. The second-order valence-corrected chi connectivity index (χ2v) is 16.7. The van der Waals surface area contributed by atoms with Crippen LogP contribution in [-0.2, 0) is 23.5 Å². The average Bonchev–Trinajstić information content (AvgIpc) is 3.10. The van der Waals surface area contributed by atoms with E-state index in [1.54, 1.807) is 19.1 Å². The minimum Gasteiger partial charge on any atom is -0.411 e. The summed E-state index contributed by atoms with van der Waals surface area (Å²) in [6, 6.07) is 6.39. The van der Waals surface area contributed by atoms with Gasteiger partial charge in [0.1, 0.15) is 12.3 Å². The lowest BCUT2D eigenvalue weighted by atomic mass is 10.2. The molecule has 0 radical (unpaired) electrons. The Morgan fingerprint density at radius 1 is 1.15 bits per heavy atom. The molecule has 1 aromatic heterocycles. The molecular weight excluding hydrogens is 476 g/mol. The van der Waals surface area contributed by atoms with Crippen molar-refractivity contribution in [3.63, 3.8) is 0 Å². The van der Waals surface area contributed by atoms with Crippen LogP contribution in [0, 0.1) is 13.8 Å². The minimum atomic E-state index is -4.00. The lowest BCUT2D eigenvalue weighted by Crippen LogP contribution is -2.46. The molecule has 0 saturated carbocycles. The normalized spacial score (nSPS) is 21.7. The van der Waals surface area contributed by atoms with Crippen molar-refractivity contribution >= 4 is 18.4 Å². The molecule has 1 saturated heterocycles. The number of nitrogens with one attached hydrogen (secondary N) is 1. The number of hydrogen-bond acceptors (Lipinski definition) is 7. The molecule has 2 heterocycles. The topological polar surface area (TPSA) is 117 Å². The number of benzene rings is 1. The fourth-order valence-electron chi connectivity index (χ4n) is 3.43. The Morgan fingerprint density at radius 2 is 1.76 bits per heavy atom. The number of hydrogen-bond donors (Lipinski definition) is 1. The summed E-state index contributed by atoms with van der Waals surface area (Å²) < 4.78 is 44.8. The van der Waals surface area contributed by atoms with Gasteiger partial charge in [-0.1, -0.05) is 38.5 Å². The Balaban J connectivity index is 1.87. The zero-order valence-electron chi connectivity index (χ0n) is 20.7. The third-order valence-corrected chi connectivity index (χ3v) is 12.4. The first-order valence-electron chi connectivity index (χ1n) is 11.2. The van der Waals surface area contributed by atoms with Gasteiger partial charge in [-0.05, 0) is 44.1 Å². The Kier molecular flexibility index (Phi) is 7.45. The zero-order chi connectivity index (χ0) is 25.5. The van der Waals surface area contributed by atoms with Crippen LogP contribution in [0.2, 0.25) is 18.1 Å². The standard InChI is InChI=1S/C23H34N2O7SSi/c1-15-8-10-17(11-9-15)33(28,29)30-14-19-18(32-34(6,7)23(3,4)5)12-20(31-19)25-13-16(2)21(26)24-22(25)27/h8-11,13,18-20H,12,14H2,1-7H3,(H,24,26,27)/t18-,19+,20+/m0/s1. The molecule has 1 fully saturated rings. The highest BCUT2D eigenvalue weighted by Gasteiger charge is 2.45. The fraction of sp³-hybridized carbons (Fsp3) is 0.565. The number of H-pyrrole nitrogens is 1. The van der Waals surface area contributed by atoms with Crippen molar-refractivity contribution in [3.05, 3.63) is 62.4 Å². The van der Waals surface area contributed by atoms with E-state index >= 15 is 0 Å². The molecule has 0 aliphatic carbocycles. The van der Waals surface area contributed by atoms with Crippen molar-refractivity contribution in [3.8, 4) is 0 Å². The maximum absolute atomic E-state index is 12.7. The molecule has 0 bridgehead atoms. The molecule has 34 heavy (non-hydrogen) atoms. The lowest BCUT2D eigenvalue weighted by molar-refractivity contribution is -0.0379. The van der Waals surface area contributed by atoms with E-state index in [1.807, 2.05) is 6.92 Å². The van der Waals surface area contributed by atoms with Crippen LogP contribution in [-0.4, -0.2) is 45.1 Å². The van der Waals surface area contributed by atoms with Crippen molar-refractivity contribution < 1.29 is 21.8 Å². The summed E-state index contributed by atoms with van der Waals surface area (Å²) in [5.74, 6) is 0. The molecule has 1 aromatic carbocycles. The van der Waals surface area contributed by atoms with Gasteiger partial charge in [0.05, 0.1) is 17.6 Å². The Hall–Kier alpha value is -2.05. The van der Waals surface area contributed by atoms with Crippen molar-refractivity contribution in [1.29, 1.82) is 0 Å². The van der Waals surface area contributed by atoms with Gasteiger partial charge in [0.2, 0.25) is 0 Å². The first kappa shape index (κ1) is 26.5. The summed E-state index contributed by atoms with van der Waals surface area (Å²) in [6.07, 6.45) is -0.178. The van der Waals surface area contributed by atoms with Gasteiger partial charge in [-0.25, -0.2) is 4.79 Å². The van der Waals surface area contributed by atoms with Crippen LogP contribution in [0.15, 0.2) is 44.9 Å². The summed E-state index contributed by atoms with van der Waals surface area (Å²) >= 11 is 0. The largest absolute Gasteiger partial charge is 0.411 e. The van der Waals surface area contributed by atoms with Crippen LogP contribution in [0.25, 0.3) is 0 Å². The van der Waals surface area contributed by atoms with Gasteiger partial charge in [-0.2, -0.15) is 8.42 Å². The molecule has 0 amide bonds. The Labute approximate surface area is 201 Å². The zero-order valence-corrected chi connectivity index (χ0v) is 22.6. The maximum Gasteiger partial charge on any atom is 0.330 e. The molecule has 0 spiro atoms. The van der Waals surface area contributed by atoms with E-state index in [0.717, 1.165) is 5.56 Å². The van der Waals surface area contributed by atoms with Crippen LogP contribution < -0.4 is 11.2 Å². The Morgan fingerprint density at radius 3 is 2.35 bits per heavy atom. The Bertz CT molecular complexity index is 1240. The lowest BCUT2D eigenvalue weighted by Gasteiger charge is -2.39. The monoisotopic (exact) mass is 510 g/mol. The van der Waals surface area contributed by atoms with E-state index in [9.17, 15) is 18.0 Å². The van der Waals surface area contributed by atoms with Gasteiger partial charge in [0, 0.05) is 18.2 Å². The van der Waals surface area contributed by atoms with Gasteiger partial charge >= 0.3 is 5.69 Å². The third-order valence-electron chi connectivity index (χ3n) is 6.59. The summed E-state index contributed by atoms with van der Waals surface area (Å²) in [5.41, 5.74) is 0.245. The fourth-order valence-corrected chi connectivity index (χ4v) is 5.71. The summed E-state index contributed by atoms with van der Waals surface area (Å²) in [7, 11) is -6.25. The molecule has 1 aliphatic rings. The molecule has 0 unspecified atom stereocenters. The minimum absolute atomic E-state index is 0.0574. The number of rotatable bonds is 7. The number of aryl methyl sites for hydroxylation is 2. The summed E-state index contributed by atoms with van der Waals surface area (Å²) in [5, 5.41) is -0.0874. The first-order valence-corrected chi connectivity index (χ1v) is 15.5. The van der Waals surface area contributed by atoms with Gasteiger partial charge in [0.25, 0.3) is 15.7 Å². The predicted molar refractivity (Wildman–Crippen MR) is 131 cm³/mol. The van der Waals surface area contributed by atoms with Gasteiger partial charge in [-0.15, -0.1) is 0 Å². The number of aromatic amines is 1. The van der Waals surface area contributed by atoms with Crippen LogP contribution in [0.5, 0.6) is 0 Å². The first-order chi connectivity index (χ1) is 15.6. The summed E-state index contributed by atoms with van der Waals surface area (Å²) in [4.78, 5) is 26.6. The average molecular weight is 511 g/mol. The molecule has 9 nitrogen and oxygen atoms in total. The van der Waals surface area contributed by atoms with Crippen LogP contribution in [0.3, 0.4) is 0 Å². The van der Waals surface area contributed by atoms with E-state index in [-0.39, 0.29) is 16.5 Å². The van der Waals surface area contributed by atoms with E-state index in [0.29, 0.717) is 12.0 Å². The maximum atomic E-state index is 12.7. The third kappa shape index (κ3) is 5.77. The number of ether oxygens (including phenoxy) is 1. The van der Waals surface area contributed by atoms with E-state index in [2.05, 4.69) is 38.8 Å². The quantitative estimate of drug-likeness (QED) is 0.449. The van der Waals surface area contributed by atoms with Gasteiger partial charge in [-0.3, -0.25) is 18.5 Å². The molecule has 1 aliphatic heterocycles. The van der Waals surface area contributed by atoms with Crippen molar-refractivity contribution in [2.24, 2.45) is 0 Å². The van der Waals surface area contributed by atoms with Crippen molar-refractivity contribution in [2.45, 2.75) is 82.5 Å². The number of nitrogens with zero attached hydrogens (tertiary/aromatic N) is 1. The van der Waals surface area contributed by atoms with Crippen LogP contribution in [0.1, 0.15) is 44.5 Å². The number of aromatic nitrogens is 2. The molecule has 3 rings (SSSR count). The molecule has 11 heteroatoms. The smallest absolute Gasteiger partial charge is 0.330 e. The van der Waals surface area contributed by atoms with E-state index < -0.39 is 48.1 Å². The van der Waals surface area contributed by atoms with Gasteiger partial charge < -0.3 is 9.16 Å².